The summed E-state index contributed by atoms with van der Waals surface area (Å²) in [5, 5.41) is 2.56. The number of ether oxygens (including phenoxy) is 1. The van der Waals surface area contributed by atoms with E-state index in [9.17, 15) is 9.18 Å². The van der Waals surface area contributed by atoms with Crippen molar-refractivity contribution in [3.05, 3.63) is 29.6 Å². The first-order valence-electron chi connectivity index (χ1n) is 7.74. The van der Waals surface area contributed by atoms with Gasteiger partial charge in [0.15, 0.2) is 0 Å². The molecule has 22 heavy (non-hydrogen) atoms. The summed E-state index contributed by atoms with van der Waals surface area (Å²) in [7, 11) is 0. The van der Waals surface area contributed by atoms with Crippen LogP contribution >= 0.6 is 0 Å². The van der Waals surface area contributed by atoms with E-state index in [1.54, 1.807) is 32.9 Å². The van der Waals surface area contributed by atoms with Gasteiger partial charge in [0.2, 0.25) is 0 Å². The smallest absolute Gasteiger partial charge is 0.412 e. The monoisotopic (exact) mass is 306 g/mol. The molecule has 0 atom stereocenters. The summed E-state index contributed by atoms with van der Waals surface area (Å²) in [6.45, 7) is 5.34. The molecule has 0 unspecified atom stereocenters. The molecule has 0 heterocycles. The molecule has 0 saturated heterocycles. The summed E-state index contributed by atoms with van der Waals surface area (Å²) in [5.41, 5.74) is 6.39. The summed E-state index contributed by atoms with van der Waals surface area (Å²) in [4.78, 5) is 11.7. The molecule has 1 aromatic rings. The Balaban J connectivity index is 1.75. The van der Waals surface area contributed by atoms with Crippen molar-refractivity contribution < 1.29 is 13.9 Å². The van der Waals surface area contributed by atoms with Crippen LogP contribution in [0, 0.1) is 5.82 Å². The highest BCUT2D eigenvalue weighted by Crippen LogP contribution is 2.64. The van der Waals surface area contributed by atoms with E-state index < -0.39 is 11.7 Å². The third kappa shape index (κ3) is 2.70. The van der Waals surface area contributed by atoms with Gasteiger partial charge in [-0.3, -0.25) is 5.32 Å². The van der Waals surface area contributed by atoms with Gasteiger partial charge in [-0.25, -0.2) is 9.18 Å². The molecule has 4 nitrogen and oxygen atoms in total. The Kier molecular flexibility index (Phi) is 3.25. The third-order valence-electron chi connectivity index (χ3n) is 4.62. The molecule has 120 valence electrons. The van der Waals surface area contributed by atoms with Gasteiger partial charge in [0.1, 0.15) is 11.4 Å². The van der Waals surface area contributed by atoms with Crippen LogP contribution in [0.3, 0.4) is 0 Å². The number of halogens is 1. The number of carbonyl (C=O) groups is 1. The van der Waals surface area contributed by atoms with Gasteiger partial charge in [0.25, 0.3) is 0 Å². The first-order valence-corrected chi connectivity index (χ1v) is 7.74. The normalized spacial score (nSPS) is 21.1. The fraction of sp³-hybridized carbons (Fsp3) is 0.588. The fourth-order valence-electron chi connectivity index (χ4n) is 3.18. The van der Waals surface area contributed by atoms with Crippen LogP contribution in [0.25, 0.3) is 0 Å². The predicted octanol–water partition coefficient (Wildman–Crippen LogP) is 3.70. The summed E-state index contributed by atoms with van der Waals surface area (Å²) in [6, 6.07) is 4.82. The Bertz CT molecular complexity index is 614. The van der Waals surface area contributed by atoms with Crippen LogP contribution < -0.4 is 11.1 Å². The van der Waals surface area contributed by atoms with E-state index in [0.29, 0.717) is 11.3 Å². The van der Waals surface area contributed by atoms with Gasteiger partial charge in [0, 0.05) is 16.6 Å². The number of anilines is 1. The number of nitrogens with two attached hydrogens (primary N) is 1. The van der Waals surface area contributed by atoms with Crippen molar-refractivity contribution in [2.24, 2.45) is 5.73 Å². The number of nitrogens with one attached hydrogen (secondary N) is 1. The highest BCUT2D eigenvalue weighted by Gasteiger charge is 2.64. The lowest BCUT2D eigenvalue weighted by atomic mass is 9.86. The van der Waals surface area contributed by atoms with E-state index in [1.165, 1.54) is 6.07 Å². The molecule has 2 saturated carbocycles. The summed E-state index contributed by atoms with van der Waals surface area (Å²) < 4.78 is 19.6. The largest absolute Gasteiger partial charge is 0.444 e. The number of benzene rings is 1. The first kappa shape index (κ1) is 15.3. The van der Waals surface area contributed by atoms with Gasteiger partial charge in [-0.2, -0.15) is 0 Å². The van der Waals surface area contributed by atoms with Crippen molar-refractivity contribution >= 4 is 11.8 Å². The van der Waals surface area contributed by atoms with Crippen molar-refractivity contribution in [3.63, 3.8) is 0 Å². The number of hydrogen-bond acceptors (Lipinski definition) is 3. The van der Waals surface area contributed by atoms with Gasteiger partial charge in [-0.1, -0.05) is 6.07 Å². The van der Waals surface area contributed by atoms with E-state index >= 15 is 0 Å². The highest BCUT2D eigenvalue weighted by atomic mass is 19.1. The standard InChI is InChI=1S/C17H23FN2O2/c1-15(2,3)22-14(21)20-11-4-5-12(13(18)10-11)16(6-7-16)17(19)8-9-17/h4-5,10H,6-9,19H2,1-3H3,(H,20,21). The Morgan fingerprint density at radius 2 is 1.91 bits per heavy atom. The molecule has 1 aromatic carbocycles. The maximum Gasteiger partial charge on any atom is 0.412 e. The summed E-state index contributed by atoms with van der Waals surface area (Å²) in [5.74, 6) is -0.303. The first-order chi connectivity index (χ1) is 10.2. The van der Waals surface area contributed by atoms with Crippen LogP contribution in [0.1, 0.15) is 52.0 Å². The molecule has 0 radical (unpaired) electrons. The lowest BCUT2D eigenvalue weighted by Gasteiger charge is -2.24. The van der Waals surface area contributed by atoms with Gasteiger partial charge in [-0.15, -0.1) is 0 Å². The van der Waals surface area contributed by atoms with Crippen molar-refractivity contribution in [2.75, 3.05) is 5.32 Å². The van der Waals surface area contributed by atoms with Crippen molar-refractivity contribution in [1.29, 1.82) is 0 Å². The number of carbonyl (C=O) groups excluding carboxylic acids is 1. The molecule has 5 heteroatoms. The number of hydrogen-bond donors (Lipinski definition) is 2. The van der Waals surface area contributed by atoms with Crippen LogP contribution in [0.2, 0.25) is 0 Å². The second-order valence-electron chi connectivity index (χ2n) is 7.56. The minimum Gasteiger partial charge on any atom is -0.444 e. The van der Waals surface area contributed by atoms with Gasteiger partial charge in [0.05, 0.1) is 0 Å². The molecule has 3 rings (SSSR count). The van der Waals surface area contributed by atoms with Crippen LogP contribution in [-0.4, -0.2) is 17.2 Å². The van der Waals surface area contributed by atoms with Crippen LogP contribution in [-0.2, 0) is 10.2 Å². The van der Waals surface area contributed by atoms with Crippen molar-refractivity contribution in [2.45, 2.75) is 63.0 Å². The predicted molar refractivity (Wildman–Crippen MR) is 83.3 cm³/mol. The second kappa shape index (κ2) is 4.69. The van der Waals surface area contributed by atoms with Gasteiger partial charge in [-0.05, 0) is 64.2 Å². The van der Waals surface area contributed by atoms with Crippen LogP contribution in [0.5, 0.6) is 0 Å². The Morgan fingerprint density at radius 1 is 1.27 bits per heavy atom. The molecule has 1 amide bonds. The Labute approximate surface area is 130 Å². The third-order valence-corrected chi connectivity index (χ3v) is 4.62. The Hall–Kier alpha value is -1.62. The highest BCUT2D eigenvalue weighted by molar-refractivity contribution is 5.84. The van der Waals surface area contributed by atoms with Crippen LogP contribution in [0.4, 0.5) is 14.9 Å². The second-order valence-corrected chi connectivity index (χ2v) is 7.56. The van der Waals surface area contributed by atoms with Crippen molar-refractivity contribution in [1.82, 2.24) is 0 Å². The topological polar surface area (TPSA) is 64.3 Å². The fourth-order valence-corrected chi connectivity index (χ4v) is 3.18. The van der Waals surface area contributed by atoms with E-state index in [0.717, 1.165) is 25.7 Å². The van der Waals surface area contributed by atoms with Gasteiger partial charge < -0.3 is 10.5 Å². The lowest BCUT2D eigenvalue weighted by Crippen LogP contribution is -2.37. The maximum atomic E-state index is 14.5. The molecule has 0 spiro atoms. The van der Waals surface area contributed by atoms with E-state index in [1.807, 2.05) is 0 Å². The summed E-state index contributed by atoms with van der Waals surface area (Å²) >= 11 is 0. The average molecular weight is 306 g/mol. The summed E-state index contributed by atoms with van der Waals surface area (Å²) in [6.07, 6.45) is 3.23. The lowest BCUT2D eigenvalue weighted by molar-refractivity contribution is 0.0636. The molecule has 0 bridgehead atoms. The zero-order chi connectivity index (χ0) is 16.2. The average Bonchev–Trinajstić information content (AvgIpc) is 3.23. The number of rotatable bonds is 3. The van der Waals surface area contributed by atoms with E-state index in [4.69, 9.17) is 10.5 Å². The molecular weight excluding hydrogens is 283 g/mol. The van der Waals surface area contributed by atoms with Gasteiger partial charge >= 0.3 is 6.09 Å². The van der Waals surface area contributed by atoms with Crippen molar-refractivity contribution in [3.8, 4) is 0 Å². The molecule has 2 aliphatic rings. The zero-order valence-corrected chi connectivity index (χ0v) is 13.3. The minimum absolute atomic E-state index is 0.193. The maximum absolute atomic E-state index is 14.5. The molecule has 0 aliphatic heterocycles. The Morgan fingerprint density at radius 3 is 2.36 bits per heavy atom. The molecule has 2 aliphatic carbocycles. The molecule has 0 aromatic heterocycles. The molecule has 2 fully saturated rings. The number of amides is 1. The van der Waals surface area contributed by atoms with E-state index in [-0.39, 0.29) is 16.8 Å². The zero-order valence-electron chi connectivity index (χ0n) is 13.3. The SMILES string of the molecule is CC(C)(C)OC(=O)Nc1ccc(C2(C3(N)CC3)CC2)c(F)c1. The van der Waals surface area contributed by atoms with E-state index in [2.05, 4.69) is 5.32 Å². The minimum atomic E-state index is -0.585. The quantitative estimate of drug-likeness (QED) is 0.895. The molecular formula is C17H23FN2O2. The molecule has 3 N–H and O–H groups in total. The van der Waals surface area contributed by atoms with Crippen LogP contribution in [0.15, 0.2) is 18.2 Å².